The third kappa shape index (κ3) is 4.01. The fraction of sp³-hybridized carbons (Fsp3) is 0.548. The smallest absolute Gasteiger partial charge is 0.252 e. The summed E-state index contributed by atoms with van der Waals surface area (Å²) in [5, 5.41) is 33.6. The molecule has 5 aliphatic rings. The number of halogens is 1. The lowest BCUT2D eigenvalue weighted by Gasteiger charge is -2.56. The zero-order valence-electron chi connectivity index (χ0n) is 23.7. The van der Waals surface area contributed by atoms with Crippen LogP contribution in [-0.2, 0) is 27.3 Å². The van der Waals surface area contributed by atoms with E-state index in [1.54, 1.807) is 19.0 Å². The number of hydrogen-bond acceptors (Lipinski definition) is 8. The second-order valence-electron chi connectivity index (χ2n) is 12.7. The topological polar surface area (TPSA) is 137 Å². The lowest BCUT2D eigenvalue weighted by Crippen LogP contribution is -2.67. The molecular weight excluding hydrogens is 529 g/mol. The lowest BCUT2D eigenvalue weighted by atomic mass is 9.54. The molecule has 6 rings (SSSR count). The van der Waals surface area contributed by atoms with E-state index in [2.05, 4.69) is 4.90 Å². The number of ketones is 1. The Labute approximate surface area is 238 Å². The number of aromatic hydroxyl groups is 1. The average molecular weight is 568 g/mol. The predicted molar refractivity (Wildman–Crippen MR) is 149 cm³/mol. The number of likely N-dealkylation sites (N-methyl/N-ethyl adjacent to an activating group) is 1. The molecule has 4 atom stereocenters. The van der Waals surface area contributed by atoms with Crippen molar-refractivity contribution in [2.45, 2.75) is 63.1 Å². The number of carbonyl (C=O) groups excluding carboxylic acids is 2. The Morgan fingerprint density at radius 2 is 1.88 bits per heavy atom. The number of nitrogens with two attached hydrogens (primary N) is 1. The molecule has 0 radical (unpaired) electrons. The van der Waals surface area contributed by atoms with E-state index in [0.29, 0.717) is 18.0 Å². The van der Waals surface area contributed by atoms with Crippen molar-refractivity contribution in [2.75, 3.05) is 27.7 Å². The van der Waals surface area contributed by atoms with Gasteiger partial charge in [0.25, 0.3) is 5.91 Å². The number of Topliss-reactive ketones (excluding diaryl/α,β-unsaturated/α-hetero) is 1. The number of rotatable bonds is 6. The number of aliphatic hydroxyl groups is 2. The van der Waals surface area contributed by atoms with Crippen molar-refractivity contribution in [1.82, 2.24) is 9.80 Å². The van der Waals surface area contributed by atoms with E-state index >= 15 is 4.39 Å². The quantitative estimate of drug-likeness (QED) is 0.410. The van der Waals surface area contributed by atoms with Gasteiger partial charge < -0.3 is 30.7 Å². The van der Waals surface area contributed by atoms with Crippen LogP contribution in [-0.4, -0.2) is 76.1 Å². The molecule has 1 aromatic rings. The van der Waals surface area contributed by atoms with E-state index in [1.165, 1.54) is 44.4 Å². The number of primary amides is 1. The molecule has 220 valence electrons. The van der Waals surface area contributed by atoms with Crippen molar-refractivity contribution < 1.29 is 34.0 Å². The Morgan fingerprint density at radius 1 is 1.17 bits per heavy atom. The molecule has 9 nitrogen and oxygen atoms in total. The first-order valence-electron chi connectivity index (χ1n) is 14.5. The number of hydrogen-bond donors (Lipinski definition) is 4. The lowest BCUT2D eigenvalue weighted by molar-refractivity contribution is -0.153. The number of fused-ring (bicyclic) bond motifs is 2. The summed E-state index contributed by atoms with van der Waals surface area (Å²) in [6, 6.07) is 0.582. The second-order valence-corrected chi connectivity index (χ2v) is 12.7. The molecule has 1 aromatic carbocycles. The minimum absolute atomic E-state index is 0.0407. The first-order valence-corrected chi connectivity index (χ1v) is 14.5. The van der Waals surface area contributed by atoms with Crippen LogP contribution in [0.2, 0.25) is 0 Å². The van der Waals surface area contributed by atoms with Gasteiger partial charge in [0.1, 0.15) is 23.1 Å². The number of phenols is 1. The average Bonchev–Trinajstić information content (AvgIpc) is 2.88. The fourth-order valence-electron chi connectivity index (χ4n) is 8.15. The van der Waals surface area contributed by atoms with Crippen molar-refractivity contribution >= 4 is 17.4 Å². The normalized spacial score (nSPS) is 29.4. The van der Waals surface area contributed by atoms with Gasteiger partial charge in [-0.1, -0.05) is 19.3 Å². The molecule has 1 aliphatic heterocycles. The molecule has 0 bridgehead atoms. The Hall–Kier alpha value is -3.37. The number of amides is 1. The summed E-state index contributed by atoms with van der Waals surface area (Å²) in [5.74, 6) is -3.53. The molecule has 2 fully saturated rings. The molecule has 41 heavy (non-hydrogen) atoms. The van der Waals surface area contributed by atoms with Gasteiger partial charge in [-0.25, -0.2) is 4.39 Å². The predicted octanol–water partition coefficient (Wildman–Crippen LogP) is 3.47. The van der Waals surface area contributed by atoms with Crippen LogP contribution < -0.4 is 5.73 Å². The van der Waals surface area contributed by atoms with Crippen LogP contribution in [0.1, 0.15) is 55.2 Å². The van der Waals surface area contributed by atoms with Crippen molar-refractivity contribution in [3.8, 4) is 5.75 Å². The fourth-order valence-corrected chi connectivity index (χ4v) is 8.15. The van der Waals surface area contributed by atoms with Gasteiger partial charge in [-0.15, -0.1) is 0 Å². The second kappa shape index (κ2) is 9.87. The standard InChI is InChI=1S/C31H38FN3O6/c1-34(2)26-19-10-16-9-18-23(21(36)11-17(25(18)32)13-35(3)12-15-7-5-4-6-8-15)27(37)22(16)29(39)31(19)20(14-41-31)24(28(26)38)30(33)40/h11,14-16,19,26,36-38H,4-10,12-13H2,1-3H3,(H2,33,40)/t16-,19-,26-,31+/m0/s1. The molecule has 10 heteroatoms. The zero-order chi connectivity index (χ0) is 29.4. The van der Waals surface area contributed by atoms with Crippen LogP contribution in [0.15, 0.2) is 34.8 Å². The highest BCUT2D eigenvalue weighted by Crippen LogP contribution is 2.59. The van der Waals surface area contributed by atoms with E-state index in [-0.39, 0.29) is 52.2 Å². The maximum Gasteiger partial charge on any atom is 0.252 e. The molecule has 5 N–H and O–H groups in total. The number of aliphatic hydroxyl groups excluding tert-OH is 2. The highest BCUT2D eigenvalue weighted by Gasteiger charge is 2.68. The summed E-state index contributed by atoms with van der Waals surface area (Å²) in [6.07, 6.45) is 7.65. The summed E-state index contributed by atoms with van der Waals surface area (Å²) < 4.78 is 21.9. The minimum atomic E-state index is -1.61. The molecule has 1 heterocycles. The Morgan fingerprint density at radius 3 is 2.49 bits per heavy atom. The SMILES string of the molecule is CN(Cc1cc(O)c2c(c1F)C[C@H]1C[C@H]3[C@H](N(C)C)C(O)=C(C(N)=O)C4=CO[C@@]43C(=O)C1=C2O)CC1CCCCC1. The van der Waals surface area contributed by atoms with E-state index in [9.17, 15) is 24.9 Å². The van der Waals surface area contributed by atoms with Crippen LogP contribution in [0.4, 0.5) is 4.39 Å². The van der Waals surface area contributed by atoms with E-state index < -0.39 is 46.7 Å². The highest BCUT2D eigenvalue weighted by molar-refractivity contribution is 6.14. The van der Waals surface area contributed by atoms with Crippen LogP contribution in [0, 0.1) is 23.6 Å². The summed E-state index contributed by atoms with van der Waals surface area (Å²) in [6.45, 7) is 1.16. The van der Waals surface area contributed by atoms with Crippen LogP contribution >= 0.6 is 0 Å². The summed E-state index contributed by atoms with van der Waals surface area (Å²) in [5.41, 5.74) is 4.51. The maximum absolute atomic E-state index is 16.1. The van der Waals surface area contributed by atoms with Gasteiger partial charge in [-0.3, -0.25) is 14.5 Å². The molecular formula is C31H38FN3O6. The monoisotopic (exact) mass is 567 g/mol. The minimum Gasteiger partial charge on any atom is -0.510 e. The van der Waals surface area contributed by atoms with Gasteiger partial charge >= 0.3 is 0 Å². The van der Waals surface area contributed by atoms with E-state index in [1.807, 2.05) is 7.05 Å². The maximum atomic E-state index is 16.1. The van der Waals surface area contributed by atoms with Gasteiger partial charge in [0.15, 0.2) is 0 Å². The largest absolute Gasteiger partial charge is 0.510 e. The Balaban J connectivity index is 1.38. The van der Waals surface area contributed by atoms with Crippen molar-refractivity contribution in [2.24, 2.45) is 23.5 Å². The van der Waals surface area contributed by atoms with Crippen LogP contribution in [0.5, 0.6) is 5.75 Å². The summed E-state index contributed by atoms with van der Waals surface area (Å²) in [7, 11) is 5.39. The number of phenolic OH excluding ortho intramolecular Hbond substituents is 1. The van der Waals surface area contributed by atoms with Gasteiger partial charge in [-0.05, 0) is 64.7 Å². The molecule has 4 aliphatic carbocycles. The molecule has 1 amide bonds. The van der Waals surface area contributed by atoms with Crippen LogP contribution in [0.25, 0.3) is 5.76 Å². The third-order valence-electron chi connectivity index (χ3n) is 9.90. The molecule has 0 saturated heterocycles. The van der Waals surface area contributed by atoms with Crippen LogP contribution in [0.3, 0.4) is 0 Å². The van der Waals surface area contributed by atoms with E-state index in [4.69, 9.17) is 10.5 Å². The number of carbonyl (C=O) groups is 2. The summed E-state index contributed by atoms with van der Waals surface area (Å²) in [4.78, 5) is 30.3. The first kappa shape index (κ1) is 27.8. The van der Waals surface area contributed by atoms with Gasteiger partial charge in [0, 0.05) is 35.7 Å². The first-order chi connectivity index (χ1) is 19.5. The van der Waals surface area contributed by atoms with Crippen molar-refractivity contribution in [3.05, 3.63) is 57.3 Å². The van der Waals surface area contributed by atoms with Crippen molar-refractivity contribution in [1.29, 1.82) is 0 Å². The Kier molecular flexibility index (Phi) is 6.69. The molecule has 0 aromatic heterocycles. The summed E-state index contributed by atoms with van der Waals surface area (Å²) >= 11 is 0. The Bertz CT molecular complexity index is 1430. The van der Waals surface area contributed by atoms with Gasteiger partial charge in [-0.2, -0.15) is 0 Å². The zero-order valence-corrected chi connectivity index (χ0v) is 23.7. The van der Waals surface area contributed by atoms with Gasteiger partial charge in [0.2, 0.25) is 11.4 Å². The van der Waals surface area contributed by atoms with Gasteiger partial charge in [0.05, 0.1) is 29.0 Å². The molecule has 2 saturated carbocycles. The van der Waals surface area contributed by atoms with E-state index in [0.717, 1.165) is 6.54 Å². The number of benzene rings is 1. The number of nitrogens with zero attached hydrogens (tertiary/aromatic N) is 2. The highest BCUT2D eigenvalue weighted by atomic mass is 19.1. The third-order valence-corrected chi connectivity index (χ3v) is 9.90. The number of ether oxygens (including phenoxy) is 1. The van der Waals surface area contributed by atoms with Crippen molar-refractivity contribution in [3.63, 3.8) is 0 Å². The molecule has 0 unspecified atom stereocenters. The molecule has 1 spiro atoms.